The molecule has 4 aromatic carbocycles. The van der Waals surface area contributed by atoms with E-state index in [2.05, 4.69) is 108 Å². The van der Waals surface area contributed by atoms with E-state index in [1.165, 1.54) is 38.8 Å². The summed E-state index contributed by atoms with van der Waals surface area (Å²) in [6.07, 6.45) is 2.34. The van der Waals surface area contributed by atoms with E-state index in [4.69, 9.17) is 0 Å². The molecule has 1 aliphatic carbocycles. The van der Waals surface area contributed by atoms with Crippen molar-refractivity contribution in [1.29, 1.82) is 0 Å². The summed E-state index contributed by atoms with van der Waals surface area (Å²) in [5, 5.41) is 2.34. The molecule has 28 heavy (non-hydrogen) atoms. The van der Waals surface area contributed by atoms with Crippen LogP contribution in [0, 0.1) is 12.1 Å². The first-order valence-corrected chi connectivity index (χ1v) is 9.59. The number of allylic oxidation sites excluding steroid dienone is 2. The summed E-state index contributed by atoms with van der Waals surface area (Å²) in [4.78, 5) is 0. The quantitative estimate of drug-likeness (QED) is 0.345. The van der Waals surface area contributed by atoms with E-state index in [9.17, 15) is 0 Å². The third kappa shape index (κ3) is 2.29. The zero-order chi connectivity index (χ0) is 18.5. The van der Waals surface area contributed by atoms with Crippen LogP contribution in [0.2, 0.25) is 0 Å². The molecule has 0 radical (unpaired) electrons. The van der Waals surface area contributed by atoms with E-state index in [1.807, 2.05) is 6.07 Å². The maximum absolute atomic E-state index is 3.29. The third-order valence-electron chi connectivity index (χ3n) is 5.62. The van der Waals surface area contributed by atoms with Crippen LogP contribution in [0.3, 0.4) is 0 Å². The third-order valence-corrected chi connectivity index (χ3v) is 5.62. The van der Waals surface area contributed by atoms with E-state index in [1.54, 1.807) is 0 Å². The monoisotopic (exact) mass is 355 g/mol. The van der Waals surface area contributed by atoms with Crippen LogP contribution in [0.4, 0.5) is 0 Å². The van der Waals surface area contributed by atoms with Gasteiger partial charge in [-0.15, -0.1) is 0 Å². The molecule has 1 heterocycles. The summed E-state index contributed by atoms with van der Waals surface area (Å²) in [6.45, 7) is 0. The van der Waals surface area contributed by atoms with Crippen molar-refractivity contribution >= 4 is 27.4 Å². The van der Waals surface area contributed by atoms with Gasteiger partial charge in [0.25, 0.3) is 0 Å². The molecule has 1 unspecified atom stereocenters. The molecule has 1 aromatic heterocycles. The summed E-state index contributed by atoms with van der Waals surface area (Å²) in [5.41, 5.74) is 7.65. The van der Waals surface area contributed by atoms with Crippen LogP contribution in [0.25, 0.3) is 33.1 Å². The van der Waals surface area contributed by atoms with Gasteiger partial charge in [0.1, 0.15) is 0 Å². The average Bonchev–Trinajstić information content (AvgIpc) is 3.50. The first-order chi connectivity index (χ1) is 13.9. The Kier molecular flexibility index (Phi) is 3.21. The molecule has 0 aliphatic heterocycles. The van der Waals surface area contributed by atoms with Gasteiger partial charge in [-0.1, -0.05) is 78.9 Å². The van der Waals surface area contributed by atoms with Crippen LogP contribution in [-0.4, -0.2) is 4.57 Å². The van der Waals surface area contributed by atoms with Gasteiger partial charge in [-0.2, -0.15) is 0 Å². The molecule has 1 aliphatic rings. The minimum Gasteiger partial charge on any atom is -0.309 e. The summed E-state index contributed by atoms with van der Waals surface area (Å²) >= 11 is 0. The first-order valence-electron chi connectivity index (χ1n) is 9.59. The Hall–Kier alpha value is -3.76. The summed E-state index contributed by atoms with van der Waals surface area (Å²) in [6, 6.07) is 38.6. The molecule has 1 heteroatoms. The Morgan fingerprint density at radius 3 is 2.36 bits per heavy atom. The van der Waals surface area contributed by atoms with E-state index in [0.717, 1.165) is 5.39 Å². The van der Waals surface area contributed by atoms with Gasteiger partial charge in [-0.05, 0) is 47.0 Å². The summed E-state index contributed by atoms with van der Waals surface area (Å²) in [7, 11) is 0. The zero-order valence-corrected chi connectivity index (χ0v) is 15.3. The minimum atomic E-state index is 0.442. The van der Waals surface area contributed by atoms with Crippen molar-refractivity contribution in [2.75, 3.05) is 0 Å². The predicted molar refractivity (Wildman–Crippen MR) is 116 cm³/mol. The van der Waals surface area contributed by atoms with Crippen molar-refractivity contribution in [2.45, 2.75) is 5.92 Å². The van der Waals surface area contributed by atoms with Crippen LogP contribution in [0.5, 0.6) is 0 Å². The fourth-order valence-corrected chi connectivity index (χ4v) is 4.21. The number of hydrogen-bond acceptors (Lipinski definition) is 0. The van der Waals surface area contributed by atoms with Crippen LogP contribution < -0.4 is 0 Å². The topological polar surface area (TPSA) is 4.93 Å². The van der Waals surface area contributed by atoms with Crippen LogP contribution in [-0.2, 0) is 0 Å². The van der Waals surface area contributed by atoms with Crippen molar-refractivity contribution in [2.24, 2.45) is 0 Å². The molecule has 1 atom stereocenters. The van der Waals surface area contributed by atoms with Gasteiger partial charge in [-0.3, -0.25) is 0 Å². The highest BCUT2D eigenvalue weighted by Gasteiger charge is 2.27. The largest absolute Gasteiger partial charge is 0.309 e. The molecule has 0 N–H and O–H groups in total. The van der Waals surface area contributed by atoms with Gasteiger partial charge in [-0.25, -0.2) is 0 Å². The van der Waals surface area contributed by atoms with Gasteiger partial charge >= 0.3 is 0 Å². The molecule has 130 valence electrons. The maximum atomic E-state index is 3.29. The maximum Gasteiger partial charge on any atom is 0.0631 e. The molecular formula is C27H17N. The number of hydrogen-bond donors (Lipinski definition) is 0. The molecule has 6 rings (SSSR count). The highest BCUT2D eigenvalue weighted by molar-refractivity contribution is 6.08. The average molecular weight is 355 g/mol. The standard InChI is InChI=1S/C27H17N/c1-2-8-19(9-3-1)24-18-25(24)20-14-16-21(17-15-20)28-26-12-6-4-10-22(26)23-11-5-7-13-27(23)28/h1-4,6-10,12-18,25H. The molecule has 0 fully saturated rings. The molecular weight excluding hydrogens is 338 g/mol. The number of aromatic nitrogens is 1. The lowest BCUT2D eigenvalue weighted by Crippen LogP contribution is -1.94. The van der Waals surface area contributed by atoms with Gasteiger partial charge in [0.15, 0.2) is 0 Å². The Morgan fingerprint density at radius 1 is 0.714 bits per heavy atom. The van der Waals surface area contributed by atoms with Gasteiger partial charge in [0.2, 0.25) is 0 Å². The van der Waals surface area contributed by atoms with Crippen molar-refractivity contribution in [3.05, 3.63) is 120 Å². The van der Waals surface area contributed by atoms with Crippen molar-refractivity contribution in [3.8, 4) is 5.69 Å². The second kappa shape index (κ2) is 5.87. The lowest BCUT2D eigenvalue weighted by molar-refractivity contribution is 1.16. The van der Waals surface area contributed by atoms with Crippen molar-refractivity contribution < 1.29 is 0 Å². The van der Waals surface area contributed by atoms with Gasteiger partial charge in [0.05, 0.1) is 16.4 Å². The van der Waals surface area contributed by atoms with E-state index in [-0.39, 0.29) is 0 Å². The minimum absolute atomic E-state index is 0.442. The summed E-state index contributed by atoms with van der Waals surface area (Å²) in [5.74, 6) is 0.442. The normalized spacial score (nSPS) is 15.4. The van der Waals surface area contributed by atoms with Crippen LogP contribution in [0.1, 0.15) is 17.0 Å². The van der Waals surface area contributed by atoms with Crippen LogP contribution >= 0.6 is 0 Å². The molecule has 0 bridgehead atoms. The molecule has 0 saturated carbocycles. The first kappa shape index (κ1) is 15.3. The fourth-order valence-electron chi connectivity index (χ4n) is 4.21. The highest BCUT2D eigenvalue weighted by Crippen LogP contribution is 2.46. The SMILES string of the molecule is c1ccc2c(c#1)c1ccccc1n2-c1ccc(C2C=C2c2ccccc2)cc1. The number of rotatable bonds is 3. The van der Waals surface area contributed by atoms with E-state index in [0.29, 0.717) is 5.92 Å². The number of fused-ring (bicyclic) bond motifs is 3. The van der Waals surface area contributed by atoms with Crippen molar-refractivity contribution in [1.82, 2.24) is 4.57 Å². The predicted octanol–water partition coefficient (Wildman–Crippen LogP) is 6.56. The molecule has 0 amide bonds. The van der Waals surface area contributed by atoms with Crippen LogP contribution in [0.15, 0.2) is 97.1 Å². The fraction of sp³-hybridized carbons (Fsp3) is 0.0370. The second-order valence-corrected chi connectivity index (χ2v) is 7.27. The van der Waals surface area contributed by atoms with Gasteiger partial charge in [0, 0.05) is 17.0 Å². The number of nitrogens with zero attached hydrogens (tertiary/aromatic N) is 1. The lowest BCUT2D eigenvalue weighted by Gasteiger charge is -2.09. The molecule has 0 spiro atoms. The molecule has 0 saturated heterocycles. The zero-order valence-electron chi connectivity index (χ0n) is 15.3. The Bertz CT molecular complexity index is 1280. The van der Waals surface area contributed by atoms with Crippen molar-refractivity contribution in [3.63, 3.8) is 0 Å². The molecule has 5 aromatic rings. The Morgan fingerprint density at radius 2 is 1.50 bits per heavy atom. The smallest absolute Gasteiger partial charge is 0.0631 e. The lowest BCUT2D eigenvalue weighted by atomic mass is 10.0. The molecule has 1 nitrogen and oxygen atoms in total. The highest BCUT2D eigenvalue weighted by atomic mass is 15.0. The Balaban J connectivity index is 1.41. The summed E-state index contributed by atoms with van der Waals surface area (Å²) < 4.78 is 2.32. The van der Waals surface area contributed by atoms with E-state index < -0.39 is 0 Å². The van der Waals surface area contributed by atoms with Gasteiger partial charge < -0.3 is 4.57 Å². The Labute approximate surface area is 164 Å². The van der Waals surface area contributed by atoms with E-state index >= 15 is 0 Å². The second-order valence-electron chi connectivity index (χ2n) is 7.27. The number of benzene rings is 3. The number of para-hydroxylation sites is 1.